The average Bonchev–Trinajstić information content (AvgIpc) is 3.24. The molecule has 0 saturated heterocycles. The molecule has 0 bridgehead atoms. The lowest BCUT2D eigenvalue weighted by atomic mass is 9.97. The lowest BCUT2D eigenvalue weighted by Crippen LogP contribution is -2.16. The Morgan fingerprint density at radius 2 is 1.90 bits per heavy atom. The summed E-state index contributed by atoms with van der Waals surface area (Å²) >= 11 is 0. The summed E-state index contributed by atoms with van der Waals surface area (Å²) in [6.45, 7) is 4.76. The Hall–Kier alpha value is -1.67. The van der Waals surface area contributed by atoms with Gasteiger partial charge in [0.1, 0.15) is 5.82 Å². The Bertz CT molecular complexity index is 629. The SMILES string of the molecule is Cc1ccc(C)c(-c2ccc(CNC3CC3)c(F)c2)c1. The quantitative estimate of drug-likeness (QED) is 0.869. The third-order valence-corrected chi connectivity index (χ3v) is 3.92. The minimum atomic E-state index is -0.114. The molecule has 1 fully saturated rings. The van der Waals surface area contributed by atoms with Gasteiger partial charge in [-0.15, -0.1) is 0 Å². The van der Waals surface area contributed by atoms with E-state index in [1.165, 1.54) is 24.0 Å². The van der Waals surface area contributed by atoms with Crippen LogP contribution in [0.4, 0.5) is 4.39 Å². The van der Waals surface area contributed by atoms with Crippen LogP contribution in [0.15, 0.2) is 36.4 Å². The fourth-order valence-corrected chi connectivity index (χ4v) is 2.45. The summed E-state index contributed by atoms with van der Waals surface area (Å²) in [7, 11) is 0. The van der Waals surface area contributed by atoms with Crippen molar-refractivity contribution in [2.75, 3.05) is 0 Å². The van der Waals surface area contributed by atoms with E-state index in [1.807, 2.05) is 12.1 Å². The highest BCUT2D eigenvalue weighted by atomic mass is 19.1. The smallest absolute Gasteiger partial charge is 0.128 e. The highest BCUT2D eigenvalue weighted by Crippen LogP contribution is 2.27. The third-order valence-electron chi connectivity index (χ3n) is 3.92. The molecule has 2 aromatic rings. The molecule has 2 heteroatoms. The van der Waals surface area contributed by atoms with E-state index in [1.54, 1.807) is 6.07 Å². The predicted octanol–water partition coefficient (Wildman–Crippen LogP) is 4.36. The molecule has 3 rings (SSSR count). The van der Waals surface area contributed by atoms with E-state index in [4.69, 9.17) is 0 Å². The van der Waals surface area contributed by atoms with Gasteiger partial charge in [-0.2, -0.15) is 0 Å². The number of hydrogen-bond donors (Lipinski definition) is 1. The molecule has 1 N–H and O–H groups in total. The van der Waals surface area contributed by atoms with E-state index in [-0.39, 0.29) is 5.82 Å². The number of hydrogen-bond acceptors (Lipinski definition) is 1. The van der Waals surface area contributed by atoms with E-state index < -0.39 is 0 Å². The highest BCUT2D eigenvalue weighted by Gasteiger charge is 2.20. The first kappa shape index (κ1) is 13.3. The van der Waals surface area contributed by atoms with Gasteiger partial charge in [-0.25, -0.2) is 4.39 Å². The van der Waals surface area contributed by atoms with Crippen LogP contribution in [0.2, 0.25) is 0 Å². The van der Waals surface area contributed by atoms with Crippen LogP contribution in [0.25, 0.3) is 11.1 Å². The third kappa shape index (κ3) is 2.91. The summed E-state index contributed by atoms with van der Waals surface area (Å²) in [6.07, 6.45) is 2.45. The zero-order valence-corrected chi connectivity index (χ0v) is 12.0. The largest absolute Gasteiger partial charge is 0.310 e. The normalized spacial score (nSPS) is 14.6. The molecule has 104 valence electrons. The second-order valence-electron chi connectivity index (χ2n) is 5.78. The summed E-state index contributed by atoms with van der Waals surface area (Å²) < 4.78 is 14.2. The maximum Gasteiger partial charge on any atom is 0.128 e. The van der Waals surface area contributed by atoms with Crippen molar-refractivity contribution in [2.45, 2.75) is 39.3 Å². The molecule has 2 aromatic carbocycles. The molecule has 0 heterocycles. The van der Waals surface area contributed by atoms with Crippen LogP contribution >= 0.6 is 0 Å². The number of benzene rings is 2. The predicted molar refractivity (Wildman–Crippen MR) is 81.2 cm³/mol. The number of nitrogens with one attached hydrogen (secondary N) is 1. The molecule has 0 atom stereocenters. The summed E-state index contributed by atoms with van der Waals surface area (Å²) in [5, 5.41) is 3.35. The van der Waals surface area contributed by atoms with Gasteiger partial charge >= 0.3 is 0 Å². The van der Waals surface area contributed by atoms with Gasteiger partial charge in [0.05, 0.1) is 0 Å². The van der Waals surface area contributed by atoms with Crippen LogP contribution in [0.3, 0.4) is 0 Å². The summed E-state index contributed by atoms with van der Waals surface area (Å²) in [5.41, 5.74) is 5.21. The van der Waals surface area contributed by atoms with Crippen LogP contribution in [-0.2, 0) is 6.54 Å². The molecule has 0 unspecified atom stereocenters. The van der Waals surface area contributed by atoms with Crippen molar-refractivity contribution in [1.29, 1.82) is 0 Å². The van der Waals surface area contributed by atoms with Crippen molar-refractivity contribution in [1.82, 2.24) is 5.32 Å². The molecular formula is C18H20FN. The van der Waals surface area contributed by atoms with Crippen molar-refractivity contribution in [3.8, 4) is 11.1 Å². The first-order chi connectivity index (χ1) is 9.63. The maximum atomic E-state index is 14.2. The Kier molecular flexibility index (Phi) is 3.58. The van der Waals surface area contributed by atoms with Gasteiger partial charge in [-0.3, -0.25) is 0 Å². The molecule has 1 nitrogen and oxygen atoms in total. The van der Waals surface area contributed by atoms with Gasteiger partial charge < -0.3 is 5.32 Å². The van der Waals surface area contributed by atoms with Gasteiger partial charge in [0, 0.05) is 18.2 Å². The lowest BCUT2D eigenvalue weighted by molar-refractivity contribution is 0.587. The van der Waals surface area contributed by atoms with Gasteiger partial charge in [-0.1, -0.05) is 35.9 Å². The molecule has 20 heavy (non-hydrogen) atoms. The van der Waals surface area contributed by atoms with E-state index in [0.717, 1.165) is 16.7 Å². The fourth-order valence-electron chi connectivity index (χ4n) is 2.45. The Balaban J connectivity index is 1.86. The zero-order chi connectivity index (χ0) is 14.1. The number of aryl methyl sites for hydroxylation is 2. The Morgan fingerprint density at radius 3 is 2.60 bits per heavy atom. The minimum Gasteiger partial charge on any atom is -0.310 e. The molecule has 0 aromatic heterocycles. The molecule has 0 aliphatic heterocycles. The molecule has 1 saturated carbocycles. The topological polar surface area (TPSA) is 12.0 Å². The van der Waals surface area contributed by atoms with Crippen molar-refractivity contribution in [2.24, 2.45) is 0 Å². The van der Waals surface area contributed by atoms with Gasteiger partial charge in [0.2, 0.25) is 0 Å². The highest BCUT2D eigenvalue weighted by molar-refractivity contribution is 5.68. The van der Waals surface area contributed by atoms with Crippen LogP contribution in [0.5, 0.6) is 0 Å². The lowest BCUT2D eigenvalue weighted by Gasteiger charge is -2.10. The first-order valence-corrected chi connectivity index (χ1v) is 7.23. The van der Waals surface area contributed by atoms with E-state index in [2.05, 4.69) is 37.4 Å². The Labute approximate surface area is 119 Å². The molecular weight excluding hydrogens is 249 g/mol. The molecule has 1 aliphatic carbocycles. The molecule has 0 spiro atoms. The summed E-state index contributed by atoms with van der Waals surface area (Å²) in [6, 6.07) is 12.5. The van der Waals surface area contributed by atoms with Crippen LogP contribution in [-0.4, -0.2) is 6.04 Å². The van der Waals surface area contributed by atoms with E-state index >= 15 is 0 Å². The molecule has 0 amide bonds. The monoisotopic (exact) mass is 269 g/mol. The summed E-state index contributed by atoms with van der Waals surface area (Å²) in [4.78, 5) is 0. The zero-order valence-electron chi connectivity index (χ0n) is 12.0. The van der Waals surface area contributed by atoms with Crippen molar-refractivity contribution < 1.29 is 4.39 Å². The van der Waals surface area contributed by atoms with Crippen LogP contribution in [0, 0.1) is 19.7 Å². The van der Waals surface area contributed by atoms with Gasteiger partial charge in [0.15, 0.2) is 0 Å². The van der Waals surface area contributed by atoms with E-state index in [9.17, 15) is 4.39 Å². The standard InChI is InChI=1S/C18H20FN/c1-12-3-4-13(2)17(9-12)14-5-6-15(18(19)10-14)11-20-16-7-8-16/h3-6,9-10,16,20H,7-8,11H2,1-2H3. The fraction of sp³-hybridized carbons (Fsp3) is 0.333. The second kappa shape index (κ2) is 5.37. The molecule has 1 aliphatic rings. The maximum absolute atomic E-state index is 14.2. The summed E-state index contributed by atoms with van der Waals surface area (Å²) in [5.74, 6) is -0.114. The Morgan fingerprint density at radius 1 is 1.10 bits per heavy atom. The van der Waals surface area contributed by atoms with Gasteiger partial charge in [0.25, 0.3) is 0 Å². The van der Waals surface area contributed by atoms with Crippen LogP contribution < -0.4 is 5.32 Å². The van der Waals surface area contributed by atoms with Crippen molar-refractivity contribution >= 4 is 0 Å². The van der Waals surface area contributed by atoms with Crippen LogP contribution in [0.1, 0.15) is 29.5 Å². The first-order valence-electron chi connectivity index (χ1n) is 7.23. The van der Waals surface area contributed by atoms with Gasteiger partial charge in [-0.05, 0) is 49.4 Å². The van der Waals surface area contributed by atoms with E-state index in [0.29, 0.717) is 12.6 Å². The van der Waals surface area contributed by atoms with Crippen molar-refractivity contribution in [3.05, 3.63) is 58.9 Å². The number of halogens is 1. The number of rotatable bonds is 4. The van der Waals surface area contributed by atoms with Crippen molar-refractivity contribution in [3.63, 3.8) is 0 Å². The minimum absolute atomic E-state index is 0.114. The average molecular weight is 269 g/mol. The second-order valence-corrected chi connectivity index (χ2v) is 5.78. The molecule has 0 radical (unpaired) electrons.